The molecule has 1 aromatic heterocycles. The van der Waals surface area contributed by atoms with Gasteiger partial charge in [-0.05, 0) is 55.7 Å². The molecule has 0 aliphatic heterocycles. The van der Waals surface area contributed by atoms with Crippen molar-refractivity contribution >= 4 is 29.1 Å². The van der Waals surface area contributed by atoms with Gasteiger partial charge in [0.1, 0.15) is 0 Å². The van der Waals surface area contributed by atoms with Crippen LogP contribution in [0.3, 0.4) is 0 Å². The third-order valence-corrected chi connectivity index (χ3v) is 3.70. The summed E-state index contributed by atoms with van der Waals surface area (Å²) in [4.78, 5) is 0. The van der Waals surface area contributed by atoms with Crippen LogP contribution in [0, 0.1) is 6.92 Å². The molecule has 0 bridgehead atoms. The van der Waals surface area contributed by atoms with E-state index in [4.69, 9.17) is 0 Å². The minimum absolute atomic E-state index is 0.893. The number of aryl methyl sites for hydroxylation is 3. The molecule has 0 saturated heterocycles. The Morgan fingerprint density at radius 1 is 1.39 bits per heavy atom. The highest BCUT2D eigenvalue weighted by atomic mass is 32.1. The van der Waals surface area contributed by atoms with Gasteiger partial charge < -0.3 is 4.57 Å². The number of hydrogen-bond acceptors (Lipinski definition) is 1. The van der Waals surface area contributed by atoms with Gasteiger partial charge in [-0.2, -0.15) is 12.6 Å². The lowest BCUT2D eigenvalue weighted by atomic mass is 10.00. The Labute approximate surface area is 115 Å². The van der Waals surface area contributed by atoms with Crippen molar-refractivity contribution in [3.63, 3.8) is 0 Å². The van der Waals surface area contributed by atoms with Crippen molar-refractivity contribution in [2.45, 2.75) is 33.7 Å². The summed E-state index contributed by atoms with van der Waals surface area (Å²) in [6.45, 7) is 11.5. The largest absolute Gasteiger partial charge is 0.347 e. The Balaban J connectivity index is 2.74. The molecule has 0 saturated carbocycles. The average molecular weight is 259 g/mol. The Bertz CT molecular complexity index is 593. The lowest BCUT2D eigenvalue weighted by molar-refractivity contribution is 0.793. The maximum Gasteiger partial charge on any atom is 0.0491 e. The molecule has 0 fully saturated rings. The first kappa shape index (κ1) is 13.3. The minimum Gasteiger partial charge on any atom is -0.347 e. The zero-order chi connectivity index (χ0) is 13.3. The van der Waals surface area contributed by atoms with E-state index in [2.05, 4.69) is 62.9 Å². The number of nitrogens with zero attached hydrogens (tertiary/aromatic N) is 1. The lowest BCUT2D eigenvalue weighted by Crippen LogP contribution is -1.92. The molecule has 1 heterocycles. The summed E-state index contributed by atoms with van der Waals surface area (Å²) in [5, 5.41) is 1.40. The van der Waals surface area contributed by atoms with Crippen LogP contribution in [0.15, 0.2) is 24.9 Å². The quantitative estimate of drug-likeness (QED) is 0.773. The molecule has 0 aliphatic carbocycles. The highest BCUT2D eigenvalue weighted by Crippen LogP contribution is 2.29. The summed E-state index contributed by atoms with van der Waals surface area (Å²) >= 11 is 4.36. The number of rotatable bonds is 4. The van der Waals surface area contributed by atoms with Crippen LogP contribution in [0.1, 0.15) is 30.5 Å². The van der Waals surface area contributed by atoms with Crippen molar-refractivity contribution in [2.75, 3.05) is 5.75 Å². The van der Waals surface area contributed by atoms with Crippen molar-refractivity contribution in [2.24, 2.45) is 0 Å². The summed E-state index contributed by atoms with van der Waals surface area (Å²) in [6.07, 6.45) is 3.30. The number of hydrogen-bond donors (Lipinski definition) is 1. The van der Waals surface area contributed by atoms with Crippen LogP contribution in [0.4, 0.5) is 0 Å². The number of aromatic nitrogens is 1. The molecular weight excluding hydrogens is 238 g/mol. The van der Waals surface area contributed by atoms with Crippen LogP contribution in [-0.2, 0) is 13.0 Å². The predicted octanol–water partition coefficient (Wildman–Crippen LogP) is 4.48. The molecular formula is C16H21NS. The number of fused-ring (bicyclic) bond motifs is 1. The summed E-state index contributed by atoms with van der Waals surface area (Å²) in [5.74, 6) is 0.893. The van der Waals surface area contributed by atoms with E-state index in [1.165, 1.54) is 27.6 Å². The van der Waals surface area contributed by atoms with Crippen molar-refractivity contribution in [1.82, 2.24) is 4.57 Å². The minimum atomic E-state index is 0.893. The van der Waals surface area contributed by atoms with E-state index in [9.17, 15) is 0 Å². The SMILES string of the molecule is C=C(C)c1cc(C)c2c(CCS)cn(CC)c2c1. The van der Waals surface area contributed by atoms with Gasteiger partial charge in [-0.3, -0.25) is 0 Å². The second kappa shape index (κ2) is 5.23. The Morgan fingerprint density at radius 3 is 2.67 bits per heavy atom. The Hall–Kier alpha value is -1.15. The third kappa shape index (κ3) is 2.22. The van der Waals surface area contributed by atoms with Gasteiger partial charge in [-0.1, -0.05) is 18.2 Å². The molecule has 2 heteroatoms. The van der Waals surface area contributed by atoms with Crippen LogP contribution in [-0.4, -0.2) is 10.3 Å². The van der Waals surface area contributed by atoms with E-state index in [-0.39, 0.29) is 0 Å². The lowest BCUT2D eigenvalue weighted by Gasteiger charge is -2.07. The molecule has 1 nitrogen and oxygen atoms in total. The molecule has 0 spiro atoms. The van der Waals surface area contributed by atoms with E-state index in [1.807, 2.05) is 0 Å². The number of benzene rings is 1. The number of thiol groups is 1. The monoisotopic (exact) mass is 259 g/mol. The first-order valence-electron chi connectivity index (χ1n) is 6.47. The van der Waals surface area contributed by atoms with Gasteiger partial charge in [0.15, 0.2) is 0 Å². The van der Waals surface area contributed by atoms with Crippen LogP contribution < -0.4 is 0 Å². The van der Waals surface area contributed by atoms with Crippen LogP contribution in [0.5, 0.6) is 0 Å². The summed E-state index contributed by atoms with van der Waals surface area (Å²) in [7, 11) is 0. The number of allylic oxidation sites excluding steroid dienone is 1. The topological polar surface area (TPSA) is 4.93 Å². The van der Waals surface area contributed by atoms with Gasteiger partial charge in [-0.15, -0.1) is 0 Å². The molecule has 96 valence electrons. The molecule has 0 N–H and O–H groups in total. The molecule has 0 radical (unpaired) electrons. The zero-order valence-electron chi connectivity index (χ0n) is 11.5. The van der Waals surface area contributed by atoms with Gasteiger partial charge in [0.05, 0.1) is 0 Å². The Kier molecular flexibility index (Phi) is 3.86. The van der Waals surface area contributed by atoms with Gasteiger partial charge in [0, 0.05) is 23.6 Å². The highest BCUT2D eigenvalue weighted by Gasteiger charge is 2.11. The van der Waals surface area contributed by atoms with Crippen molar-refractivity contribution in [3.05, 3.63) is 41.6 Å². The zero-order valence-corrected chi connectivity index (χ0v) is 12.3. The average Bonchev–Trinajstić information content (AvgIpc) is 2.68. The fourth-order valence-electron chi connectivity index (χ4n) is 2.55. The van der Waals surface area contributed by atoms with E-state index >= 15 is 0 Å². The van der Waals surface area contributed by atoms with Crippen molar-refractivity contribution < 1.29 is 0 Å². The third-order valence-electron chi connectivity index (χ3n) is 3.47. The second-order valence-electron chi connectivity index (χ2n) is 4.88. The first-order chi connectivity index (χ1) is 8.58. The highest BCUT2D eigenvalue weighted by molar-refractivity contribution is 7.80. The Morgan fingerprint density at radius 2 is 2.11 bits per heavy atom. The predicted molar refractivity (Wildman–Crippen MR) is 84.6 cm³/mol. The standard InChI is InChI=1S/C16H21NS/c1-5-17-10-13(6-7-18)16-12(4)8-14(11(2)3)9-15(16)17/h8-10,18H,2,5-7H2,1,3-4H3. The van der Waals surface area contributed by atoms with E-state index in [1.54, 1.807) is 0 Å². The molecule has 0 amide bonds. The molecule has 2 aromatic rings. The maximum absolute atomic E-state index is 4.36. The van der Waals surface area contributed by atoms with Crippen molar-refractivity contribution in [3.8, 4) is 0 Å². The van der Waals surface area contributed by atoms with Crippen LogP contribution in [0.25, 0.3) is 16.5 Å². The summed E-state index contributed by atoms with van der Waals surface area (Å²) in [5.41, 5.74) is 6.44. The van der Waals surface area contributed by atoms with Crippen molar-refractivity contribution in [1.29, 1.82) is 0 Å². The molecule has 0 aliphatic rings. The fourth-order valence-corrected chi connectivity index (χ4v) is 2.79. The molecule has 1 aromatic carbocycles. The molecule has 18 heavy (non-hydrogen) atoms. The molecule has 0 atom stereocenters. The van der Waals surface area contributed by atoms with Crippen LogP contribution in [0.2, 0.25) is 0 Å². The van der Waals surface area contributed by atoms with E-state index in [0.29, 0.717) is 0 Å². The second-order valence-corrected chi connectivity index (χ2v) is 5.33. The molecule has 0 unspecified atom stereocenters. The normalized spacial score (nSPS) is 11.1. The fraction of sp³-hybridized carbons (Fsp3) is 0.375. The van der Waals surface area contributed by atoms with Gasteiger partial charge >= 0.3 is 0 Å². The van der Waals surface area contributed by atoms with E-state index in [0.717, 1.165) is 24.3 Å². The smallest absolute Gasteiger partial charge is 0.0491 e. The van der Waals surface area contributed by atoms with Gasteiger partial charge in [0.25, 0.3) is 0 Å². The van der Waals surface area contributed by atoms with Gasteiger partial charge in [0.2, 0.25) is 0 Å². The summed E-state index contributed by atoms with van der Waals surface area (Å²) < 4.78 is 2.33. The molecule has 2 rings (SSSR count). The van der Waals surface area contributed by atoms with Crippen LogP contribution >= 0.6 is 12.6 Å². The maximum atomic E-state index is 4.36. The van der Waals surface area contributed by atoms with E-state index < -0.39 is 0 Å². The summed E-state index contributed by atoms with van der Waals surface area (Å²) in [6, 6.07) is 4.50. The van der Waals surface area contributed by atoms with Gasteiger partial charge in [-0.25, -0.2) is 0 Å². The first-order valence-corrected chi connectivity index (χ1v) is 7.10.